The minimum absolute atomic E-state index is 0.00784. The average Bonchev–Trinajstić information content (AvgIpc) is 2.16. The molecule has 13 heavy (non-hydrogen) atoms. The Balaban J connectivity index is 3.08. The van der Waals surface area contributed by atoms with Crippen molar-refractivity contribution in [1.29, 1.82) is 5.26 Å². The smallest absolute Gasteiger partial charge is 0.152 e. The van der Waals surface area contributed by atoms with Gasteiger partial charge in [0.25, 0.3) is 0 Å². The minimum atomic E-state index is 0.00784. The van der Waals surface area contributed by atoms with Crippen LogP contribution < -0.4 is 0 Å². The Morgan fingerprint density at radius 1 is 1.46 bits per heavy atom. The van der Waals surface area contributed by atoms with Crippen LogP contribution in [0.5, 0.6) is 0 Å². The molecule has 0 heterocycles. The second kappa shape index (κ2) is 4.30. The highest BCUT2D eigenvalue weighted by Crippen LogP contribution is 2.09. The van der Waals surface area contributed by atoms with Crippen molar-refractivity contribution in [3.8, 4) is 17.9 Å². The SMILES string of the molecule is Cc1ccc(C#CC#N)cc1CO. The third-order valence-electron chi connectivity index (χ3n) is 1.78. The molecule has 1 N–H and O–H groups in total. The Labute approximate surface area is 77.4 Å². The van der Waals surface area contributed by atoms with Crippen molar-refractivity contribution in [3.05, 3.63) is 34.9 Å². The fraction of sp³-hybridized carbons (Fsp3) is 0.182. The first kappa shape index (κ1) is 9.32. The monoisotopic (exact) mass is 171 g/mol. The first-order chi connectivity index (χ1) is 6.27. The summed E-state index contributed by atoms with van der Waals surface area (Å²) in [5.74, 6) is 4.98. The number of aryl methyl sites for hydroxylation is 1. The lowest BCUT2D eigenvalue weighted by Crippen LogP contribution is -1.89. The molecule has 1 aromatic rings. The molecule has 1 rings (SSSR count). The molecule has 2 nitrogen and oxygen atoms in total. The fourth-order valence-electron chi connectivity index (χ4n) is 1.02. The summed E-state index contributed by atoms with van der Waals surface area (Å²) in [6, 6.07) is 7.25. The summed E-state index contributed by atoms with van der Waals surface area (Å²) < 4.78 is 0. The molecule has 1 aromatic carbocycles. The predicted octanol–water partition coefficient (Wildman–Crippen LogP) is 1.36. The van der Waals surface area contributed by atoms with E-state index in [0.717, 1.165) is 16.7 Å². The Morgan fingerprint density at radius 3 is 2.85 bits per heavy atom. The highest BCUT2D eigenvalue weighted by atomic mass is 16.3. The van der Waals surface area contributed by atoms with Gasteiger partial charge in [-0.2, -0.15) is 5.26 Å². The molecule has 0 atom stereocenters. The zero-order chi connectivity index (χ0) is 9.68. The molecule has 0 radical (unpaired) electrons. The van der Waals surface area contributed by atoms with E-state index in [0.29, 0.717) is 0 Å². The lowest BCUT2D eigenvalue weighted by Gasteiger charge is -2.01. The minimum Gasteiger partial charge on any atom is -0.392 e. The number of nitriles is 1. The Morgan fingerprint density at radius 2 is 2.23 bits per heavy atom. The number of aliphatic hydroxyl groups excluding tert-OH is 1. The number of aliphatic hydroxyl groups is 1. The lowest BCUT2D eigenvalue weighted by molar-refractivity contribution is 0.281. The maximum absolute atomic E-state index is 8.96. The maximum atomic E-state index is 8.96. The van der Waals surface area contributed by atoms with Gasteiger partial charge in [-0.15, -0.1) is 0 Å². The lowest BCUT2D eigenvalue weighted by atomic mass is 10.1. The summed E-state index contributed by atoms with van der Waals surface area (Å²) in [6.45, 7) is 1.93. The van der Waals surface area contributed by atoms with Gasteiger partial charge < -0.3 is 5.11 Å². The Bertz CT molecular complexity index is 404. The molecular formula is C11H9NO. The highest BCUT2D eigenvalue weighted by Gasteiger charge is 1.96. The molecule has 64 valence electrons. The summed E-state index contributed by atoms with van der Waals surface area (Å²) in [7, 11) is 0. The quantitative estimate of drug-likeness (QED) is 0.648. The number of hydrogen-bond donors (Lipinski definition) is 1. The van der Waals surface area contributed by atoms with Gasteiger partial charge in [-0.05, 0) is 30.2 Å². The zero-order valence-electron chi connectivity index (χ0n) is 7.33. The van der Waals surface area contributed by atoms with Crippen LogP contribution in [-0.4, -0.2) is 5.11 Å². The summed E-state index contributed by atoms with van der Waals surface area (Å²) in [4.78, 5) is 0. The number of hydrogen-bond acceptors (Lipinski definition) is 2. The summed E-state index contributed by atoms with van der Waals surface area (Å²) in [6.07, 6.45) is 0. The molecule has 0 aromatic heterocycles. The molecule has 0 aliphatic heterocycles. The van der Waals surface area contributed by atoms with E-state index in [4.69, 9.17) is 10.4 Å². The highest BCUT2D eigenvalue weighted by molar-refractivity contribution is 5.42. The average molecular weight is 171 g/mol. The number of benzene rings is 1. The third kappa shape index (κ3) is 2.33. The molecule has 0 spiro atoms. The molecule has 0 fully saturated rings. The molecule has 0 saturated heterocycles. The van der Waals surface area contributed by atoms with Crippen LogP contribution in [0.2, 0.25) is 0 Å². The summed E-state index contributed by atoms with van der Waals surface area (Å²) >= 11 is 0. The van der Waals surface area contributed by atoms with Crippen molar-refractivity contribution in [2.24, 2.45) is 0 Å². The standard InChI is InChI=1S/C11H9NO/c1-9-4-5-10(3-2-6-12)7-11(9)8-13/h4-5,7,13H,8H2,1H3. The van der Waals surface area contributed by atoms with Crippen LogP contribution in [-0.2, 0) is 6.61 Å². The van der Waals surface area contributed by atoms with Crippen LogP contribution in [0.1, 0.15) is 16.7 Å². The molecule has 0 aliphatic carbocycles. The van der Waals surface area contributed by atoms with Gasteiger partial charge in [0.1, 0.15) is 0 Å². The van der Waals surface area contributed by atoms with Gasteiger partial charge in [0.15, 0.2) is 6.07 Å². The molecule has 0 unspecified atom stereocenters. The van der Waals surface area contributed by atoms with Crippen molar-refractivity contribution in [2.45, 2.75) is 13.5 Å². The predicted molar refractivity (Wildman–Crippen MR) is 49.6 cm³/mol. The van der Waals surface area contributed by atoms with Crippen LogP contribution in [0, 0.1) is 30.1 Å². The van der Waals surface area contributed by atoms with Crippen molar-refractivity contribution < 1.29 is 5.11 Å². The summed E-state index contributed by atoms with van der Waals surface area (Å²) in [5.41, 5.74) is 2.64. The Hall–Kier alpha value is -1.77. The van der Waals surface area contributed by atoms with E-state index in [2.05, 4.69) is 11.8 Å². The zero-order valence-corrected chi connectivity index (χ0v) is 7.33. The van der Waals surface area contributed by atoms with Gasteiger partial charge in [-0.1, -0.05) is 12.0 Å². The van der Waals surface area contributed by atoms with E-state index in [9.17, 15) is 0 Å². The maximum Gasteiger partial charge on any atom is 0.152 e. The van der Waals surface area contributed by atoms with Gasteiger partial charge in [-0.25, -0.2) is 0 Å². The molecule has 0 amide bonds. The van der Waals surface area contributed by atoms with Crippen molar-refractivity contribution >= 4 is 0 Å². The van der Waals surface area contributed by atoms with Gasteiger partial charge in [0.05, 0.1) is 6.61 Å². The normalized spacial score (nSPS) is 8.38. The van der Waals surface area contributed by atoms with Crippen molar-refractivity contribution in [3.63, 3.8) is 0 Å². The van der Waals surface area contributed by atoms with E-state index in [1.54, 1.807) is 12.1 Å². The van der Waals surface area contributed by atoms with Gasteiger partial charge in [0, 0.05) is 11.5 Å². The second-order valence-corrected chi connectivity index (χ2v) is 2.66. The van der Waals surface area contributed by atoms with Crippen LogP contribution in [0.25, 0.3) is 0 Å². The number of rotatable bonds is 1. The first-order valence-corrected chi connectivity index (χ1v) is 3.88. The van der Waals surface area contributed by atoms with Gasteiger partial charge in [-0.3, -0.25) is 0 Å². The fourth-order valence-corrected chi connectivity index (χ4v) is 1.02. The van der Waals surface area contributed by atoms with Crippen LogP contribution in [0.3, 0.4) is 0 Å². The molecule has 0 saturated carbocycles. The van der Waals surface area contributed by atoms with E-state index >= 15 is 0 Å². The molecule has 0 aliphatic rings. The van der Waals surface area contributed by atoms with Crippen LogP contribution in [0.4, 0.5) is 0 Å². The number of nitrogens with zero attached hydrogens (tertiary/aromatic N) is 1. The van der Waals surface area contributed by atoms with Crippen LogP contribution >= 0.6 is 0 Å². The Kier molecular flexibility index (Phi) is 3.09. The van der Waals surface area contributed by atoms with Gasteiger partial charge >= 0.3 is 0 Å². The van der Waals surface area contributed by atoms with Gasteiger partial charge in [0.2, 0.25) is 0 Å². The van der Waals surface area contributed by atoms with E-state index in [-0.39, 0.29) is 6.61 Å². The third-order valence-corrected chi connectivity index (χ3v) is 1.78. The van der Waals surface area contributed by atoms with E-state index in [1.807, 2.05) is 19.1 Å². The van der Waals surface area contributed by atoms with E-state index < -0.39 is 0 Å². The topological polar surface area (TPSA) is 44.0 Å². The van der Waals surface area contributed by atoms with Crippen molar-refractivity contribution in [1.82, 2.24) is 0 Å². The molecule has 0 bridgehead atoms. The second-order valence-electron chi connectivity index (χ2n) is 2.66. The van der Waals surface area contributed by atoms with E-state index in [1.165, 1.54) is 0 Å². The molecular weight excluding hydrogens is 162 g/mol. The first-order valence-electron chi connectivity index (χ1n) is 3.88. The van der Waals surface area contributed by atoms with Crippen LogP contribution in [0.15, 0.2) is 18.2 Å². The molecule has 2 heteroatoms. The summed E-state index contributed by atoms with van der Waals surface area (Å²) in [5, 5.41) is 17.2. The largest absolute Gasteiger partial charge is 0.392 e. The van der Waals surface area contributed by atoms with Crippen molar-refractivity contribution in [2.75, 3.05) is 0 Å².